The van der Waals surface area contributed by atoms with E-state index in [4.69, 9.17) is 0 Å². The molecule has 1 unspecified atom stereocenters. The third-order valence-electron chi connectivity index (χ3n) is 5.44. The van der Waals surface area contributed by atoms with Crippen molar-refractivity contribution in [3.8, 4) is 0 Å². The van der Waals surface area contributed by atoms with Crippen molar-refractivity contribution >= 4 is 5.91 Å². The van der Waals surface area contributed by atoms with Gasteiger partial charge in [-0.1, -0.05) is 44.2 Å². The molecule has 120 valence electrons. The molecule has 2 fully saturated rings. The maximum Gasteiger partial charge on any atom is 0.230 e. The van der Waals surface area contributed by atoms with Crippen molar-refractivity contribution in [2.75, 3.05) is 26.7 Å². The summed E-state index contributed by atoms with van der Waals surface area (Å²) in [7, 11) is 2.17. The number of hydrogen-bond donors (Lipinski definition) is 0. The molecule has 0 spiro atoms. The van der Waals surface area contributed by atoms with E-state index in [1.54, 1.807) is 0 Å². The molecule has 2 heterocycles. The molecule has 1 aromatic rings. The summed E-state index contributed by atoms with van der Waals surface area (Å²) in [6, 6.07) is 10.7. The molecule has 0 aliphatic carbocycles. The average molecular weight is 300 g/mol. The Balaban J connectivity index is 1.82. The zero-order valence-electron chi connectivity index (χ0n) is 14.0. The van der Waals surface area contributed by atoms with Crippen LogP contribution in [0.2, 0.25) is 0 Å². The second-order valence-corrected chi connectivity index (χ2v) is 7.33. The largest absolute Gasteiger partial charge is 0.338 e. The standard InChI is InChI=1S/C19H28N2O/c1-14(2)18(16-7-5-4-6-8-16)19(22)21-12-10-15-9-11-20(3)13-17(15)21/h4-8,14-15,17-18H,9-13H2,1-3H3/t15-,17-,18?/m0/s1. The summed E-state index contributed by atoms with van der Waals surface area (Å²) >= 11 is 0. The first-order valence-electron chi connectivity index (χ1n) is 8.62. The molecular weight excluding hydrogens is 272 g/mol. The summed E-state index contributed by atoms with van der Waals surface area (Å²) < 4.78 is 0. The molecule has 0 saturated carbocycles. The highest BCUT2D eigenvalue weighted by atomic mass is 16.2. The van der Waals surface area contributed by atoms with Gasteiger partial charge in [0, 0.05) is 19.1 Å². The number of carbonyl (C=O) groups excluding carboxylic acids is 1. The van der Waals surface area contributed by atoms with E-state index in [1.807, 2.05) is 18.2 Å². The summed E-state index contributed by atoms with van der Waals surface area (Å²) in [4.78, 5) is 17.8. The highest BCUT2D eigenvalue weighted by Gasteiger charge is 2.42. The minimum Gasteiger partial charge on any atom is -0.338 e. The molecule has 0 radical (unpaired) electrons. The normalized spacial score (nSPS) is 27.0. The van der Waals surface area contributed by atoms with Crippen molar-refractivity contribution in [3.63, 3.8) is 0 Å². The van der Waals surface area contributed by atoms with Crippen molar-refractivity contribution in [3.05, 3.63) is 35.9 Å². The highest BCUT2D eigenvalue weighted by Crippen LogP contribution is 2.35. The lowest BCUT2D eigenvalue weighted by Crippen LogP contribution is -2.50. The zero-order chi connectivity index (χ0) is 15.7. The van der Waals surface area contributed by atoms with Gasteiger partial charge in [0.1, 0.15) is 0 Å². The van der Waals surface area contributed by atoms with Crippen molar-refractivity contribution in [1.29, 1.82) is 0 Å². The predicted molar refractivity (Wildman–Crippen MR) is 89.7 cm³/mol. The Morgan fingerprint density at radius 3 is 2.50 bits per heavy atom. The van der Waals surface area contributed by atoms with Crippen LogP contribution in [0.15, 0.2) is 30.3 Å². The molecule has 22 heavy (non-hydrogen) atoms. The lowest BCUT2D eigenvalue weighted by Gasteiger charge is -2.38. The molecule has 1 amide bonds. The Morgan fingerprint density at radius 1 is 1.14 bits per heavy atom. The molecule has 2 saturated heterocycles. The molecule has 2 aliphatic heterocycles. The van der Waals surface area contributed by atoms with Crippen LogP contribution in [0.25, 0.3) is 0 Å². The van der Waals surface area contributed by atoms with Gasteiger partial charge < -0.3 is 9.80 Å². The van der Waals surface area contributed by atoms with Gasteiger partial charge >= 0.3 is 0 Å². The Hall–Kier alpha value is -1.35. The first-order valence-corrected chi connectivity index (χ1v) is 8.62. The maximum absolute atomic E-state index is 13.3. The van der Waals surface area contributed by atoms with Crippen LogP contribution in [0, 0.1) is 11.8 Å². The molecule has 2 aliphatic rings. The van der Waals surface area contributed by atoms with Gasteiger partial charge in [-0.2, -0.15) is 0 Å². The molecular formula is C19H28N2O. The van der Waals surface area contributed by atoms with E-state index in [0.29, 0.717) is 23.8 Å². The lowest BCUT2D eigenvalue weighted by atomic mass is 9.86. The van der Waals surface area contributed by atoms with Crippen molar-refractivity contribution in [2.45, 2.75) is 38.6 Å². The van der Waals surface area contributed by atoms with E-state index in [0.717, 1.165) is 18.7 Å². The van der Waals surface area contributed by atoms with Gasteiger partial charge in [-0.15, -0.1) is 0 Å². The first kappa shape index (κ1) is 15.5. The lowest BCUT2D eigenvalue weighted by molar-refractivity contribution is -0.135. The number of likely N-dealkylation sites (tertiary alicyclic amines) is 2. The summed E-state index contributed by atoms with van der Waals surface area (Å²) in [5, 5.41) is 0. The quantitative estimate of drug-likeness (QED) is 0.857. The fourth-order valence-corrected chi connectivity index (χ4v) is 4.22. The van der Waals surface area contributed by atoms with Gasteiger partial charge in [-0.3, -0.25) is 4.79 Å². The van der Waals surface area contributed by atoms with E-state index < -0.39 is 0 Å². The van der Waals surface area contributed by atoms with E-state index in [-0.39, 0.29) is 5.92 Å². The molecule has 0 aromatic heterocycles. The zero-order valence-corrected chi connectivity index (χ0v) is 14.0. The van der Waals surface area contributed by atoms with Crippen LogP contribution in [-0.4, -0.2) is 48.4 Å². The van der Waals surface area contributed by atoms with E-state index >= 15 is 0 Å². The average Bonchev–Trinajstić information content (AvgIpc) is 2.91. The fourth-order valence-electron chi connectivity index (χ4n) is 4.22. The molecule has 0 N–H and O–H groups in total. The van der Waals surface area contributed by atoms with Crippen molar-refractivity contribution < 1.29 is 4.79 Å². The number of carbonyl (C=O) groups is 1. The summed E-state index contributed by atoms with van der Waals surface area (Å²) in [6.45, 7) is 7.48. The second kappa shape index (κ2) is 6.41. The van der Waals surface area contributed by atoms with Gasteiger partial charge in [0.25, 0.3) is 0 Å². The highest BCUT2D eigenvalue weighted by molar-refractivity contribution is 5.84. The Kier molecular flexibility index (Phi) is 4.53. The summed E-state index contributed by atoms with van der Waals surface area (Å²) in [5.41, 5.74) is 1.16. The molecule has 0 bridgehead atoms. The monoisotopic (exact) mass is 300 g/mol. The minimum absolute atomic E-state index is 0.00724. The topological polar surface area (TPSA) is 23.6 Å². The van der Waals surface area contributed by atoms with Gasteiger partial charge in [-0.05, 0) is 43.8 Å². The van der Waals surface area contributed by atoms with Gasteiger partial charge in [-0.25, -0.2) is 0 Å². The Morgan fingerprint density at radius 2 is 1.82 bits per heavy atom. The van der Waals surface area contributed by atoms with E-state index in [2.05, 4.69) is 42.8 Å². The number of rotatable bonds is 3. The number of fused-ring (bicyclic) bond motifs is 1. The summed E-state index contributed by atoms with van der Waals surface area (Å²) in [6.07, 6.45) is 2.42. The van der Waals surface area contributed by atoms with Gasteiger partial charge in [0.15, 0.2) is 0 Å². The smallest absolute Gasteiger partial charge is 0.230 e. The molecule has 3 heteroatoms. The third kappa shape index (κ3) is 2.91. The SMILES string of the molecule is CC(C)C(C(=O)N1CC[C@@H]2CCN(C)C[C@@H]21)c1ccccc1. The Bertz CT molecular complexity index is 513. The maximum atomic E-state index is 13.3. The van der Waals surface area contributed by atoms with Crippen LogP contribution in [0.1, 0.15) is 38.2 Å². The van der Waals surface area contributed by atoms with Crippen LogP contribution >= 0.6 is 0 Å². The Labute approximate surface area is 134 Å². The van der Waals surface area contributed by atoms with Crippen molar-refractivity contribution in [1.82, 2.24) is 9.80 Å². The van der Waals surface area contributed by atoms with Crippen LogP contribution in [0.5, 0.6) is 0 Å². The summed E-state index contributed by atoms with van der Waals surface area (Å²) in [5.74, 6) is 1.37. The van der Waals surface area contributed by atoms with E-state index in [9.17, 15) is 4.79 Å². The fraction of sp³-hybridized carbons (Fsp3) is 0.632. The van der Waals surface area contributed by atoms with Gasteiger partial charge in [0.05, 0.1) is 5.92 Å². The number of hydrogen-bond acceptors (Lipinski definition) is 2. The predicted octanol–water partition coefficient (Wildman–Crippen LogP) is 2.98. The number of benzene rings is 1. The third-order valence-corrected chi connectivity index (χ3v) is 5.44. The van der Waals surface area contributed by atoms with Crippen molar-refractivity contribution in [2.24, 2.45) is 11.8 Å². The molecule has 3 rings (SSSR count). The van der Waals surface area contributed by atoms with Crippen LogP contribution < -0.4 is 0 Å². The number of piperidine rings is 1. The molecule has 3 atom stereocenters. The minimum atomic E-state index is -0.00724. The number of amides is 1. The van der Waals surface area contributed by atoms with Crippen LogP contribution in [0.4, 0.5) is 0 Å². The van der Waals surface area contributed by atoms with Crippen LogP contribution in [0.3, 0.4) is 0 Å². The number of nitrogens with zero attached hydrogens (tertiary/aromatic N) is 2. The molecule has 1 aromatic carbocycles. The van der Waals surface area contributed by atoms with E-state index in [1.165, 1.54) is 19.4 Å². The number of likely N-dealkylation sites (N-methyl/N-ethyl adjacent to an activating group) is 1. The molecule has 3 nitrogen and oxygen atoms in total. The van der Waals surface area contributed by atoms with Crippen LogP contribution in [-0.2, 0) is 4.79 Å². The first-order chi connectivity index (χ1) is 10.6. The van der Waals surface area contributed by atoms with Gasteiger partial charge in [0.2, 0.25) is 5.91 Å². The second-order valence-electron chi connectivity index (χ2n) is 7.33.